The summed E-state index contributed by atoms with van der Waals surface area (Å²) in [5.41, 5.74) is 2.86. The maximum absolute atomic E-state index is 12.2. The van der Waals surface area contributed by atoms with Gasteiger partial charge in [-0.05, 0) is 24.1 Å². The van der Waals surface area contributed by atoms with E-state index >= 15 is 0 Å². The third-order valence-electron chi connectivity index (χ3n) is 3.37. The molecule has 0 bridgehead atoms. The minimum atomic E-state index is -0.286. The molecule has 0 aliphatic rings. The molecule has 0 atom stereocenters. The monoisotopic (exact) mass is 309 g/mol. The Labute approximate surface area is 135 Å². The van der Waals surface area contributed by atoms with Crippen molar-refractivity contribution < 1.29 is 9.59 Å². The first kappa shape index (κ1) is 16.4. The Morgan fingerprint density at radius 3 is 2.43 bits per heavy atom. The minimum absolute atomic E-state index is 0.265. The number of nitrogens with zero attached hydrogens (tertiary/aromatic N) is 1. The molecule has 1 aromatic heterocycles. The van der Waals surface area contributed by atoms with Crippen molar-refractivity contribution in [1.82, 2.24) is 15.6 Å². The van der Waals surface area contributed by atoms with Crippen LogP contribution in [0.1, 0.15) is 31.8 Å². The van der Waals surface area contributed by atoms with Gasteiger partial charge in [0.25, 0.3) is 11.8 Å². The van der Waals surface area contributed by atoms with Crippen molar-refractivity contribution in [2.75, 3.05) is 6.54 Å². The molecule has 2 amide bonds. The third kappa shape index (κ3) is 4.51. The van der Waals surface area contributed by atoms with Gasteiger partial charge in [-0.1, -0.05) is 30.3 Å². The maximum atomic E-state index is 12.2. The Morgan fingerprint density at radius 2 is 1.78 bits per heavy atom. The van der Waals surface area contributed by atoms with Gasteiger partial charge in [-0.15, -0.1) is 6.58 Å². The van der Waals surface area contributed by atoms with Crippen LogP contribution < -0.4 is 10.6 Å². The van der Waals surface area contributed by atoms with Gasteiger partial charge in [0.1, 0.15) is 0 Å². The number of hydrogen-bond acceptors (Lipinski definition) is 3. The molecule has 0 saturated heterocycles. The summed E-state index contributed by atoms with van der Waals surface area (Å²) in [4.78, 5) is 28.1. The summed E-state index contributed by atoms with van der Waals surface area (Å²) in [6.07, 6.45) is 4.46. The van der Waals surface area contributed by atoms with E-state index in [2.05, 4.69) is 22.2 Å². The molecule has 1 aromatic carbocycles. The number of aryl methyl sites for hydroxylation is 1. The molecular formula is C18H19N3O2. The smallest absolute Gasteiger partial charge is 0.253 e. The highest BCUT2D eigenvalue weighted by Crippen LogP contribution is 2.08. The number of hydrogen-bond donors (Lipinski definition) is 2. The first-order valence-electron chi connectivity index (χ1n) is 7.28. The third-order valence-corrected chi connectivity index (χ3v) is 3.37. The molecule has 0 unspecified atom stereocenters. The number of pyridine rings is 1. The van der Waals surface area contributed by atoms with E-state index in [1.54, 1.807) is 6.08 Å². The average molecular weight is 309 g/mol. The van der Waals surface area contributed by atoms with Crippen LogP contribution in [0, 0.1) is 6.92 Å². The van der Waals surface area contributed by atoms with Crippen LogP contribution in [0.4, 0.5) is 0 Å². The summed E-state index contributed by atoms with van der Waals surface area (Å²) >= 11 is 0. The second kappa shape index (κ2) is 7.89. The lowest BCUT2D eigenvalue weighted by Gasteiger charge is -2.08. The molecule has 0 radical (unpaired) electrons. The Kier molecular flexibility index (Phi) is 5.63. The molecule has 2 rings (SSSR count). The van der Waals surface area contributed by atoms with Crippen LogP contribution in [0.2, 0.25) is 0 Å². The highest BCUT2D eigenvalue weighted by Gasteiger charge is 2.11. The molecule has 5 heteroatoms. The fourth-order valence-corrected chi connectivity index (χ4v) is 2.04. The van der Waals surface area contributed by atoms with Gasteiger partial charge < -0.3 is 10.6 Å². The molecule has 1 heterocycles. The quantitative estimate of drug-likeness (QED) is 0.804. The topological polar surface area (TPSA) is 71.1 Å². The summed E-state index contributed by atoms with van der Waals surface area (Å²) in [5.74, 6) is -0.551. The first-order chi connectivity index (χ1) is 11.1. The predicted molar refractivity (Wildman–Crippen MR) is 89.1 cm³/mol. The van der Waals surface area contributed by atoms with Crippen LogP contribution in [-0.4, -0.2) is 23.3 Å². The SMILES string of the molecule is C=CCNC(=O)c1cncc(C(=O)NCc2ccccc2C)c1. The lowest BCUT2D eigenvalue weighted by molar-refractivity contribution is 0.0950. The van der Waals surface area contributed by atoms with Gasteiger partial charge in [0.05, 0.1) is 11.1 Å². The van der Waals surface area contributed by atoms with Crippen LogP contribution in [0.25, 0.3) is 0 Å². The normalized spacial score (nSPS) is 9.96. The summed E-state index contributed by atoms with van der Waals surface area (Å²) in [6.45, 7) is 6.32. The van der Waals surface area contributed by atoms with Gasteiger partial charge in [-0.25, -0.2) is 0 Å². The Hall–Kier alpha value is -2.95. The first-order valence-corrected chi connectivity index (χ1v) is 7.28. The zero-order chi connectivity index (χ0) is 16.7. The lowest BCUT2D eigenvalue weighted by atomic mass is 10.1. The largest absolute Gasteiger partial charge is 0.349 e. The number of carbonyl (C=O) groups is 2. The van der Waals surface area contributed by atoms with E-state index in [1.807, 2.05) is 31.2 Å². The second-order valence-electron chi connectivity index (χ2n) is 5.07. The molecule has 0 spiro atoms. The number of benzene rings is 1. The Morgan fingerprint density at radius 1 is 1.13 bits per heavy atom. The van der Waals surface area contributed by atoms with Crippen LogP contribution in [0.5, 0.6) is 0 Å². The van der Waals surface area contributed by atoms with Crippen molar-refractivity contribution in [3.05, 3.63) is 77.6 Å². The fraction of sp³-hybridized carbons (Fsp3) is 0.167. The molecule has 2 aromatic rings. The van der Waals surface area contributed by atoms with Gasteiger partial charge in [0.2, 0.25) is 0 Å². The van der Waals surface area contributed by atoms with E-state index in [0.717, 1.165) is 11.1 Å². The Balaban J connectivity index is 2.03. The number of aromatic nitrogens is 1. The zero-order valence-electron chi connectivity index (χ0n) is 13.0. The van der Waals surface area contributed by atoms with Crippen LogP contribution in [0.15, 0.2) is 55.4 Å². The van der Waals surface area contributed by atoms with E-state index in [4.69, 9.17) is 0 Å². The van der Waals surface area contributed by atoms with Crippen molar-refractivity contribution in [2.24, 2.45) is 0 Å². The lowest BCUT2D eigenvalue weighted by Crippen LogP contribution is -2.26. The minimum Gasteiger partial charge on any atom is -0.349 e. The number of rotatable bonds is 6. The maximum Gasteiger partial charge on any atom is 0.253 e. The molecular weight excluding hydrogens is 290 g/mol. The van der Waals surface area contributed by atoms with Gasteiger partial charge in [-0.2, -0.15) is 0 Å². The van der Waals surface area contributed by atoms with Gasteiger partial charge in [-0.3, -0.25) is 14.6 Å². The van der Waals surface area contributed by atoms with E-state index in [-0.39, 0.29) is 11.8 Å². The van der Waals surface area contributed by atoms with Crippen LogP contribution >= 0.6 is 0 Å². The zero-order valence-corrected chi connectivity index (χ0v) is 13.0. The standard InChI is InChI=1S/C18H19N3O2/c1-3-8-20-17(22)15-9-16(11-19-10-15)18(23)21-12-14-7-5-4-6-13(14)2/h3-7,9-11H,1,8,12H2,2H3,(H,20,22)(H,21,23). The predicted octanol–water partition coefficient (Wildman–Crippen LogP) is 2.24. The average Bonchev–Trinajstić information content (AvgIpc) is 2.58. The van der Waals surface area contributed by atoms with Crippen LogP contribution in [0.3, 0.4) is 0 Å². The molecule has 0 aliphatic heterocycles. The van der Waals surface area contributed by atoms with Crippen LogP contribution in [-0.2, 0) is 6.54 Å². The summed E-state index contributed by atoms with van der Waals surface area (Å²) in [6, 6.07) is 9.37. The summed E-state index contributed by atoms with van der Waals surface area (Å²) in [5, 5.41) is 5.49. The molecule has 0 fully saturated rings. The number of nitrogens with one attached hydrogen (secondary N) is 2. The molecule has 0 saturated carbocycles. The highest BCUT2D eigenvalue weighted by molar-refractivity contribution is 5.99. The molecule has 118 valence electrons. The number of amides is 2. The van der Waals surface area contributed by atoms with Gasteiger partial charge >= 0.3 is 0 Å². The highest BCUT2D eigenvalue weighted by atomic mass is 16.2. The summed E-state index contributed by atoms with van der Waals surface area (Å²) in [7, 11) is 0. The van der Waals surface area contributed by atoms with E-state index in [0.29, 0.717) is 24.2 Å². The molecule has 5 nitrogen and oxygen atoms in total. The van der Waals surface area contributed by atoms with Gasteiger partial charge in [0, 0.05) is 25.5 Å². The Bertz CT molecular complexity index is 726. The fourth-order valence-electron chi connectivity index (χ4n) is 2.04. The number of carbonyl (C=O) groups excluding carboxylic acids is 2. The van der Waals surface area contributed by atoms with Crippen molar-refractivity contribution in [3.8, 4) is 0 Å². The molecule has 0 aliphatic carbocycles. The van der Waals surface area contributed by atoms with E-state index in [1.165, 1.54) is 18.5 Å². The van der Waals surface area contributed by atoms with Crippen molar-refractivity contribution in [3.63, 3.8) is 0 Å². The van der Waals surface area contributed by atoms with Crippen molar-refractivity contribution in [2.45, 2.75) is 13.5 Å². The van der Waals surface area contributed by atoms with E-state index < -0.39 is 0 Å². The van der Waals surface area contributed by atoms with E-state index in [9.17, 15) is 9.59 Å². The summed E-state index contributed by atoms with van der Waals surface area (Å²) < 4.78 is 0. The van der Waals surface area contributed by atoms with Crippen molar-refractivity contribution >= 4 is 11.8 Å². The molecule has 23 heavy (non-hydrogen) atoms. The second-order valence-corrected chi connectivity index (χ2v) is 5.07. The van der Waals surface area contributed by atoms with Gasteiger partial charge in [0.15, 0.2) is 0 Å². The molecule has 2 N–H and O–H groups in total. The van der Waals surface area contributed by atoms with Crippen molar-refractivity contribution in [1.29, 1.82) is 0 Å².